The van der Waals surface area contributed by atoms with Crippen LogP contribution in [0.1, 0.15) is 25.1 Å². The number of para-hydroxylation sites is 1. The minimum absolute atomic E-state index is 0.165. The Morgan fingerprint density at radius 2 is 1.85 bits per heavy atom. The van der Waals surface area contributed by atoms with E-state index in [1.807, 2.05) is 0 Å². The summed E-state index contributed by atoms with van der Waals surface area (Å²) in [6.07, 6.45) is 0. The van der Waals surface area contributed by atoms with E-state index in [9.17, 15) is 0 Å². The van der Waals surface area contributed by atoms with Gasteiger partial charge in [0.25, 0.3) is 0 Å². The van der Waals surface area contributed by atoms with Gasteiger partial charge >= 0.3 is 0 Å². The van der Waals surface area contributed by atoms with Gasteiger partial charge in [-0.05, 0) is 46.5 Å². The zero-order valence-corrected chi connectivity index (χ0v) is 13.6. The lowest BCUT2D eigenvalue weighted by Crippen LogP contribution is -2.46. The Morgan fingerprint density at radius 3 is 2.45 bits per heavy atom. The lowest BCUT2D eigenvalue weighted by atomic mass is 10.0. The molecule has 0 aliphatic heterocycles. The van der Waals surface area contributed by atoms with Crippen molar-refractivity contribution in [2.75, 3.05) is 20.6 Å². The van der Waals surface area contributed by atoms with Crippen molar-refractivity contribution < 1.29 is 0 Å². The van der Waals surface area contributed by atoms with Gasteiger partial charge in [0, 0.05) is 42.3 Å². The first-order valence-corrected chi connectivity index (χ1v) is 7.25. The summed E-state index contributed by atoms with van der Waals surface area (Å²) in [4.78, 5) is 2.26. The largest absolute Gasteiger partial charge is 0.346 e. The molecule has 110 valence electrons. The predicted molar refractivity (Wildman–Crippen MR) is 87.1 cm³/mol. The van der Waals surface area contributed by atoms with E-state index in [0.717, 1.165) is 13.1 Å². The Morgan fingerprint density at radius 1 is 1.20 bits per heavy atom. The van der Waals surface area contributed by atoms with Crippen LogP contribution in [0.15, 0.2) is 24.3 Å². The van der Waals surface area contributed by atoms with Crippen LogP contribution in [-0.4, -0.2) is 35.6 Å². The lowest BCUT2D eigenvalue weighted by Gasteiger charge is -2.32. The summed E-state index contributed by atoms with van der Waals surface area (Å²) in [7, 11) is 6.41. The molecule has 1 heterocycles. The smallest absolute Gasteiger partial charge is 0.0483 e. The molecule has 0 bridgehead atoms. The minimum atomic E-state index is 0.165. The molecule has 0 atom stereocenters. The van der Waals surface area contributed by atoms with Crippen LogP contribution < -0.4 is 5.32 Å². The van der Waals surface area contributed by atoms with Gasteiger partial charge in [0.1, 0.15) is 0 Å². The van der Waals surface area contributed by atoms with E-state index in [4.69, 9.17) is 0 Å². The molecule has 0 saturated heterocycles. The molecule has 0 saturated carbocycles. The molecule has 1 N–H and O–H groups in total. The zero-order chi connectivity index (χ0) is 14.9. The van der Waals surface area contributed by atoms with Crippen LogP contribution in [0, 0.1) is 6.92 Å². The average Bonchev–Trinajstić information content (AvgIpc) is 2.64. The van der Waals surface area contributed by atoms with Crippen molar-refractivity contribution in [3.8, 4) is 0 Å². The number of aryl methyl sites for hydroxylation is 2. The second-order valence-electron chi connectivity index (χ2n) is 6.46. The van der Waals surface area contributed by atoms with Crippen molar-refractivity contribution in [1.29, 1.82) is 0 Å². The highest BCUT2D eigenvalue weighted by Gasteiger charge is 2.20. The molecular formula is C17H27N3. The molecule has 1 aromatic carbocycles. The Hall–Kier alpha value is -1.32. The molecule has 0 aliphatic carbocycles. The molecule has 1 aromatic heterocycles. The summed E-state index contributed by atoms with van der Waals surface area (Å²) in [5.41, 5.74) is 4.24. The number of likely N-dealkylation sites (N-methyl/N-ethyl adjacent to an activating group) is 1. The molecule has 0 spiro atoms. The highest BCUT2D eigenvalue weighted by molar-refractivity contribution is 5.85. The van der Waals surface area contributed by atoms with Crippen LogP contribution in [0.3, 0.4) is 0 Å². The number of nitrogens with one attached hydrogen (secondary N) is 1. The molecule has 20 heavy (non-hydrogen) atoms. The normalized spacial score (nSPS) is 12.6. The van der Waals surface area contributed by atoms with Crippen molar-refractivity contribution in [3.05, 3.63) is 35.5 Å². The van der Waals surface area contributed by atoms with Crippen molar-refractivity contribution in [2.45, 2.75) is 32.9 Å². The third-order valence-electron chi connectivity index (χ3n) is 4.57. The van der Waals surface area contributed by atoms with Crippen LogP contribution >= 0.6 is 0 Å². The number of nitrogens with zero attached hydrogens (tertiary/aromatic N) is 2. The first-order valence-electron chi connectivity index (χ1n) is 7.25. The van der Waals surface area contributed by atoms with E-state index in [1.54, 1.807) is 0 Å². The Bertz CT molecular complexity index is 555. The molecule has 2 rings (SSSR count). The third-order valence-corrected chi connectivity index (χ3v) is 4.57. The molecule has 3 nitrogen and oxygen atoms in total. The maximum Gasteiger partial charge on any atom is 0.0483 e. The van der Waals surface area contributed by atoms with Crippen molar-refractivity contribution in [2.24, 2.45) is 7.05 Å². The summed E-state index contributed by atoms with van der Waals surface area (Å²) in [6, 6.07) is 8.61. The van der Waals surface area contributed by atoms with Crippen LogP contribution in [0.2, 0.25) is 0 Å². The second-order valence-corrected chi connectivity index (χ2v) is 6.46. The molecule has 0 unspecified atom stereocenters. The van der Waals surface area contributed by atoms with Crippen LogP contribution in [0.5, 0.6) is 0 Å². The molecule has 0 radical (unpaired) electrons. The van der Waals surface area contributed by atoms with Gasteiger partial charge in [-0.15, -0.1) is 0 Å². The van der Waals surface area contributed by atoms with Gasteiger partial charge in [-0.1, -0.05) is 18.2 Å². The molecule has 3 heteroatoms. The van der Waals surface area contributed by atoms with E-state index >= 15 is 0 Å². The van der Waals surface area contributed by atoms with E-state index in [1.165, 1.54) is 22.2 Å². The first-order chi connectivity index (χ1) is 9.34. The maximum atomic E-state index is 3.60. The maximum absolute atomic E-state index is 3.60. The van der Waals surface area contributed by atoms with Crippen molar-refractivity contribution in [3.63, 3.8) is 0 Å². The standard InChI is InChI=1S/C17H27N3/c1-13-14-9-7-8-10-15(14)20(6)16(13)11-18-12-17(2,3)19(4)5/h7-10,18H,11-12H2,1-6H3. The van der Waals surface area contributed by atoms with Gasteiger partial charge in [0.05, 0.1) is 0 Å². The fourth-order valence-electron chi connectivity index (χ4n) is 2.53. The highest BCUT2D eigenvalue weighted by atomic mass is 15.2. The molecule has 0 fully saturated rings. The fraction of sp³-hybridized carbons (Fsp3) is 0.529. The zero-order valence-electron chi connectivity index (χ0n) is 13.6. The van der Waals surface area contributed by atoms with Crippen LogP contribution in [-0.2, 0) is 13.6 Å². The van der Waals surface area contributed by atoms with E-state index in [0.29, 0.717) is 0 Å². The van der Waals surface area contributed by atoms with Gasteiger partial charge in [-0.25, -0.2) is 0 Å². The average molecular weight is 273 g/mol. The third kappa shape index (κ3) is 2.74. The SMILES string of the molecule is Cc1c(CNCC(C)(C)N(C)C)n(C)c2ccccc12. The van der Waals surface area contributed by atoms with Gasteiger partial charge in [-0.3, -0.25) is 0 Å². The Balaban J connectivity index is 2.15. The monoisotopic (exact) mass is 273 g/mol. The topological polar surface area (TPSA) is 20.2 Å². The molecule has 0 aliphatic rings. The summed E-state index contributed by atoms with van der Waals surface area (Å²) in [5.74, 6) is 0. The molecule has 0 amide bonds. The quantitative estimate of drug-likeness (QED) is 0.904. The van der Waals surface area contributed by atoms with E-state index < -0.39 is 0 Å². The summed E-state index contributed by atoms with van der Waals surface area (Å²) < 4.78 is 2.31. The predicted octanol–water partition coefficient (Wildman–Crippen LogP) is 2.92. The number of fused-ring (bicyclic) bond motifs is 1. The van der Waals surface area contributed by atoms with Gasteiger partial charge in [-0.2, -0.15) is 0 Å². The summed E-state index contributed by atoms with van der Waals surface area (Å²) in [5, 5.41) is 4.96. The number of benzene rings is 1. The number of hydrogen-bond acceptors (Lipinski definition) is 2. The number of aromatic nitrogens is 1. The van der Waals surface area contributed by atoms with E-state index in [-0.39, 0.29) is 5.54 Å². The fourth-order valence-corrected chi connectivity index (χ4v) is 2.53. The van der Waals surface area contributed by atoms with E-state index in [2.05, 4.69) is 81.0 Å². The first kappa shape index (κ1) is 15.1. The van der Waals surface area contributed by atoms with Crippen molar-refractivity contribution in [1.82, 2.24) is 14.8 Å². The summed E-state index contributed by atoms with van der Waals surface area (Å²) >= 11 is 0. The number of hydrogen-bond donors (Lipinski definition) is 1. The van der Waals surface area contributed by atoms with Crippen LogP contribution in [0.4, 0.5) is 0 Å². The van der Waals surface area contributed by atoms with Gasteiger partial charge < -0.3 is 14.8 Å². The molecular weight excluding hydrogens is 246 g/mol. The number of rotatable bonds is 5. The van der Waals surface area contributed by atoms with Gasteiger partial charge in [0.15, 0.2) is 0 Å². The highest BCUT2D eigenvalue weighted by Crippen LogP contribution is 2.24. The Kier molecular flexibility index (Phi) is 4.21. The molecule has 2 aromatic rings. The minimum Gasteiger partial charge on any atom is -0.346 e. The van der Waals surface area contributed by atoms with Gasteiger partial charge in [0.2, 0.25) is 0 Å². The Labute approximate surface area is 122 Å². The summed E-state index contributed by atoms with van der Waals surface area (Å²) in [6.45, 7) is 8.62. The van der Waals surface area contributed by atoms with Crippen molar-refractivity contribution >= 4 is 10.9 Å². The second kappa shape index (κ2) is 5.58. The van der Waals surface area contributed by atoms with Crippen LogP contribution in [0.25, 0.3) is 10.9 Å². The lowest BCUT2D eigenvalue weighted by molar-refractivity contribution is 0.189.